The molecule has 0 atom stereocenters. The summed E-state index contributed by atoms with van der Waals surface area (Å²) in [5.74, 6) is 0.613. The maximum atomic E-state index is 11.5. The molecule has 0 unspecified atom stereocenters. The highest BCUT2D eigenvalue weighted by Crippen LogP contribution is 2.25. The minimum atomic E-state index is -0.0395. The van der Waals surface area contributed by atoms with E-state index in [1.54, 1.807) is 11.9 Å². The molecule has 1 aromatic rings. The van der Waals surface area contributed by atoms with E-state index in [1.165, 1.54) is 0 Å². The van der Waals surface area contributed by atoms with E-state index in [0.29, 0.717) is 18.8 Å². The molecule has 0 fully saturated rings. The number of hydrogen-bond donors (Lipinski definition) is 1. The van der Waals surface area contributed by atoms with Crippen LogP contribution in [0.25, 0.3) is 0 Å². The van der Waals surface area contributed by atoms with Gasteiger partial charge in [-0.2, -0.15) is 0 Å². The lowest BCUT2D eigenvalue weighted by Gasteiger charge is -2.15. The van der Waals surface area contributed by atoms with Gasteiger partial charge in [-0.15, -0.1) is 0 Å². The maximum absolute atomic E-state index is 11.5. The molecule has 0 aliphatic carbocycles. The first-order valence-electron chi connectivity index (χ1n) is 5.43. The van der Waals surface area contributed by atoms with E-state index < -0.39 is 0 Å². The van der Waals surface area contributed by atoms with Gasteiger partial charge in [0.2, 0.25) is 0 Å². The first-order valence-corrected chi connectivity index (χ1v) is 6.23. The van der Waals surface area contributed by atoms with Crippen molar-refractivity contribution in [3.05, 3.63) is 28.2 Å². The monoisotopic (exact) mass is 300 g/mol. The van der Waals surface area contributed by atoms with Crippen LogP contribution < -0.4 is 10.5 Å². The van der Waals surface area contributed by atoms with E-state index in [0.717, 1.165) is 10.0 Å². The standard InChI is InChI=1S/C12H17BrN2O2/c1-3-15(2)12(16)8-17-11-5-4-9(7-14)6-10(11)13/h4-6H,3,7-8,14H2,1-2H3. The fraction of sp³-hybridized carbons (Fsp3) is 0.417. The summed E-state index contributed by atoms with van der Waals surface area (Å²) in [6, 6.07) is 5.59. The van der Waals surface area contributed by atoms with Crippen LogP contribution in [-0.2, 0) is 11.3 Å². The highest BCUT2D eigenvalue weighted by atomic mass is 79.9. The fourth-order valence-corrected chi connectivity index (χ4v) is 1.76. The van der Waals surface area contributed by atoms with E-state index in [9.17, 15) is 4.79 Å². The number of ether oxygens (including phenoxy) is 1. The SMILES string of the molecule is CCN(C)C(=O)COc1ccc(CN)cc1Br. The van der Waals surface area contributed by atoms with Gasteiger partial charge in [-0.1, -0.05) is 6.07 Å². The fourth-order valence-electron chi connectivity index (χ4n) is 1.21. The molecule has 0 aliphatic heterocycles. The van der Waals surface area contributed by atoms with Crippen molar-refractivity contribution in [2.45, 2.75) is 13.5 Å². The van der Waals surface area contributed by atoms with Gasteiger partial charge in [0.15, 0.2) is 6.61 Å². The average molecular weight is 301 g/mol. The third kappa shape index (κ3) is 4.02. The van der Waals surface area contributed by atoms with Crippen LogP contribution in [0.2, 0.25) is 0 Å². The second-order valence-electron chi connectivity index (χ2n) is 3.67. The number of rotatable bonds is 5. The van der Waals surface area contributed by atoms with Crippen LogP contribution in [-0.4, -0.2) is 31.0 Å². The normalized spacial score (nSPS) is 10.1. The summed E-state index contributed by atoms with van der Waals surface area (Å²) in [7, 11) is 1.75. The van der Waals surface area contributed by atoms with E-state index in [4.69, 9.17) is 10.5 Å². The van der Waals surface area contributed by atoms with Crippen molar-refractivity contribution in [2.75, 3.05) is 20.2 Å². The summed E-state index contributed by atoms with van der Waals surface area (Å²) in [5, 5.41) is 0. The third-order valence-electron chi connectivity index (χ3n) is 2.48. The number of likely N-dealkylation sites (N-methyl/N-ethyl adjacent to an activating group) is 1. The molecule has 0 saturated carbocycles. The summed E-state index contributed by atoms with van der Waals surface area (Å²) in [4.78, 5) is 13.2. The first kappa shape index (κ1) is 14.0. The Balaban J connectivity index is 2.61. The average Bonchev–Trinajstić information content (AvgIpc) is 2.35. The van der Waals surface area contributed by atoms with Crippen LogP contribution in [0.1, 0.15) is 12.5 Å². The Morgan fingerprint density at radius 1 is 1.53 bits per heavy atom. The zero-order chi connectivity index (χ0) is 12.8. The number of nitrogens with two attached hydrogens (primary N) is 1. The molecule has 0 spiro atoms. The molecule has 1 rings (SSSR count). The molecular formula is C12H17BrN2O2. The molecule has 1 aromatic carbocycles. The predicted molar refractivity (Wildman–Crippen MR) is 70.8 cm³/mol. The molecule has 0 bridgehead atoms. The van der Waals surface area contributed by atoms with Gasteiger partial charge in [0.05, 0.1) is 4.47 Å². The third-order valence-corrected chi connectivity index (χ3v) is 3.10. The second kappa shape index (κ2) is 6.61. The minimum absolute atomic E-state index is 0.0395. The van der Waals surface area contributed by atoms with Gasteiger partial charge < -0.3 is 15.4 Å². The van der Waals surface area contributed by atoms with Gasteiger partial charge in [-0.05, 0) is 40.5 Å². The number of benzene rings is 1. The summed E-state index contributed by atoms with van der Waals surface area (Å²) < 4.78 is 6.25. The van der Waals surface area contributed by atoms with E-state index >= 15 is 0 Å². The number of hydrogen-bond acceptors (Lipinski definition) is 3. The Morgan fingerprint density at radius 2 is 2.24 bits per heavy atom. The topological polar surface area (TPSA) is 55.6 Å². The Labute approximate surface area is 110 Å². The van der Waals surface area contributed by atoms with Crippen molar-refractivity contribution in [1.82, 2.24) is 4.90 Å². The number of amides is 1. The summed E-state index contributed by atoms with van der Waals surface area (Å²) in [6.45, 7) is 3.13. The summed E-state index contributed by atoms with van der Waals surface area (Å²) in [5.41, 5.74) is 6.54. The molecular weight excluding hydrogens is 284 g/mol. The van der Waals surface area contributed by atoms with E-state index in [-0.39, 0.29) is 12.5 Å². The number of halogens is 1. The van der Waals surface area contributed by atoms with Crippen molar-refractivity contribution in [2.24, 2.45) is 5.73 Å². The van der Waals surface area contributed by atoms with Crippen LogP contribution in [0.4, 0.5) is 0 Å². The highest BCUT2D eigenvalue weighted by molar-refractivity contribution is 9.10. The zero-order valence-corrected chi connectivity index (χ0v) is 11.7. The summed E-state index contributed by atoms with van der Waals surface area (Å²) in [6.07, 6.45) is 0. The van der Waals surface area contributed by atoms with Crippen LogP contribution in [0.15, 0.2) is 22.7 Å². The molecule has 0 radical (unpaired) electrons. The Morgan fingerprint density at radius 3 is 2.76 bits per heavy atom. The lowest BCUT2D eigenvalue weighted by atomic mass is 10.2. The van der Waals surface area contributed by atoms with Crippen LogP contribution in [0.5, 0.6) is 5.75 Å². The molecule has 2 N–H and O–H groups in total. The van der Waals surface area contributed by atoms with Gasteiger partial charge in [-0.3, -0.25) is 4.79 Å². The van der Waals surface area contributed by atoms with E-state index in [2.05, 4.69) is 15.9 Å². The lowest BCUT2D eigenvalue weighted by Crippen LogP contribution is -2.31. The molecule has 0 heterocycles. The van der Waals surface area contributed by atoms with Crippen LogP contribution >= 0.6 is 15.9 Å². The van der Waals surface area contributed by atoms with Crippen molar-refractivity contribution < 1.29 is 9.53 Å². The molecule has 4 nitrogen and oxygen atoms in total. The van der Waals surface area contributed by atoms with Crippen LogP contribution in [0.3, 0.4) is 0 Å². The lowest BCUT2D eigenvalue weighted by molar-refractivity contribution is -0.131. The van der Waals surface area contributed by atoms with Crippen molar-refractivity contribution in [3.63, 3.8) is 0 Å². The van der Waals surface area contributed by atoms with Crippen molar-refractivity contribution in [3.8, 4) is 5.75 Å². The molecule has 0 aromatic heterocycles. The van der Waals surface area contributed by atoms with Gasteiger partial charge in [0.1, 0.15) is 5.75 Å². The Hall–Kier alpha value is -1.07. The first-order chi connectivity index (χ1) is 8.08. The maximum Gasteiger partial charge on any atom is 0.260 e. The molecule has 5 heteroatoms. The molecule has 94 valence electrons. The molecule has 1 amide bonds. The second-order valence-corrected chi connectivity index (χ2v) is 4.52. The number of carbonyl (C=O) groups is 1. The molecule has 0 aliphatic rings. The quantitative estimate of drug-likeness (QED) is 0.901. The Bertz CT molecular complexity index is 396. The van der Waals surface area contributed by atoms with Gasteiger partial charge in [-0.25, -0.2) is 0 Å². The summed E-state index contributed by atoms with van der Waals surface area (Å²) >= 11 is 3.39. The Kier molecular flexibility index (Phi) is 5.44. The van der Waals surface area contributed by atoms with E-state index in [1.807, 2.05) is 25.1 Å². The number of nitrogens with zero attached hydrogens (tertiary/aromatic N) is 1. The van der Waals surface area contributed by atoms with Crippen LogP contribution in [0, 0.1) is 0 Å². The largest absolute Gasteiger partial charge is 0.483 e. The molecule has 0 saturated heterocycles. The highest BCUT2D eigenvalue weighted by Gasteiger charge is 2.09. The minimum Gasteiger partial charge on any atom is -0.483 e. The van der Waals surface area contributed by atoms with Crippen molar-refractivity contribution >= 4 is 21.8 Å². The smallest absolute Gasteiger partial charge is 0.260 e. The van der Waals surface area contributed by atoms with Crippen molar-refractivity contribution in [1.29, 1.82) is 0 Å². The van der Waals surface area contributed by atoms with Gasteiger partial charge in [0.25, 0.3) is 5.91 Å². The van der Waals surface area contributed by atoms with Gasteiger partial charge >= 0.3 is 0 Å². The zero-order valence-electron chi connectivity index (χ0n) is 10.1. The number of carbonyl (C=O) groups excluding carboxylic acids is 1. The van der Waals surface area contributed by atoms with Gasteiger partial charge in [0, 0.05) is 20.1 Å². The molecule has 17 heavy (non-hydrogen) atoms. The predicted octanol–water partition coefficient (Wildman–Crippen LogP) is 1.76.